The molecule has 4 heteroatoms. The van der Waals surface area contributed by atoms with E-state index in [2.05, 4.69) is 61.7 Å². The highest BCUT2D eigenvalue weighted by atomic mass is 16.5. The van der Waals surface area contributed by atoms with Gasteiger partial charge in [0.2, 0.25) is 0 Å². The highest BCUT2D eigenvalue weighted by Crippen LogP contribution is 2.49. The molecule has 248 valence electrons. The third-order valence-corrected chi connectivity index (χ3v) is 10.3. The van der Waals surface area contributed by atoms with Crippen molar-refractivity contribution in [3.05, 3.63) is 203 Å². The van der Waals surface area contributed by atoms with Crippen LogP contribution in [0.5, 0.6) is 0 Å². The molecule has 0 radical (unpaired) electrons. The van der Waals surface area contributed by atoms with E-state index in [1.165, 1.54) is 0 Å². The molecule has 7 aromatic rings. The molecule has 0 aliphatic heterocycles. The number of hydrogen-bond acceptors (Lipinski definition) is 4. The second-order valence-electron chi connectivity index (χ2n) is 13.1. The first-order chi connectivity index (χ1) is 25.5. The topological polar surface area (TPSA) is 52.6 Å². The largest absolute Gasteiger partial charge is 0.449 e. The van der Waals surface area contributed by atoms with Crippen molar-refractivity contribution in [2.45, 2.75) is 12.2 Å². The SMILES string of the molecule is C=Cc1ccc(C(=O)OC2c3ccccc3-c3ccc(-c4ccc5c(c4)-c4ccccc4C5OC(=O)c4ccc(C=C)c5ccccc45)cc32)cc1. The summed E-state index contributed by atoms with van der Waals surface area (Å²) < 4.78 is 12.6. The summed E-state index contributed by atoms with van der Waals surface area (Å²) in [6.45, 7) is 7.74. The molecule has 0 saturated carbocycles. The molecule has 0 spiro atoms. The number of esters is 2. The summed E-state index contributed by atoms with van der Waals surface area (Å²) >= 11 is 0. The van der Waals surface area contributed by atoms with Crippen molar-refractivity contribution >= 4 is 34.9 Å². The van der Waals surface area contributed by atoms with E-state index in [0.717, 1.165) is 77.5 Å². The maximum absolute atomic E-state index is 13.9. The average molecular weight is 673 g/mol. The number of carbonyl (C=O) groups is 2. The Morgan fingerprint density at radius 3 is 1.79 bits per heavy atom. The Bertz CT molecular complexity index is 2610. The summed E-state index contributed by atoms with van der Waals surface area (Å²) in [5.41, 5.74) is 12.9. The van der Waals surface area contributed by atoms with Gasteiger partial charge in [0, 0.05) is 22.3 Å². The average Bonchev–Trinajstić information content (AvgIpc) is 3.68. The first-order valence-corrected chi connectivity index (χ1v) is 17.3. The molecule has 2 aliphatic rings. The lowest BCUT2D eigenvalue weighted by Gasteiger charge is -2.17. The first-order valence-electron chi connectivity index (χ1n) is 17.3. The van der Waals surface area contributed by atoms with Crippen LogP contribution in [-0.4, -0.2) is 11.9 Å². The van der Waals surface area contributed by atoms with E-state index in [-0.39, 0.29) is 11.9 Å². The van der Waals surface area contributed by atoms with E-state index >= 15 is 0 Å². The van der Waals surface area contributed by atoms with Gasteiger partial charge in [0.1, 0.15) is 0 Å². The maximum atomic E-state index is 13.9. The van der Waals surface area contributed by atoms with Gasteiger partial charge in [-0.25, -0.2) is 9.59 Å². The maximum Gasteiger partial charge on any atom is 0.339 e. The fourth-order valence-electron chi connectivity index (χ4n) is 7.71. The zero-order valence-electron chi connectivity index (χ0n) is 28.2. The molecule has 0 bridgehead atoms. The molecule has 4 nitrogen and oxygen atoms in total. The predicted molar refractivity (Wildman–Crippen MR) is 208 cm³/mol. The van der Waals surface area contributed by atoms with E-state index in [9.17, 15) is 9.59 Å². The van der Waals surface area contributed by atoms with Crippen LogP contribution in [0, 0.1) is 0 Å². The lowest BCUT2D eigenvalue weighted by molar-refractivity contribution is 0.0378. The van der Waals surface area contributed by atoms with Crippen LogP contribution < -0.4 is 0 Å². The molecular weight excluding hydrogens is 641 g/mol. The van der Waals surface area contributed by atoms with Crippen LogP contribution in [0.25, 0.3) is 56.3 Å². The molecule has 2 atom stereocenters. The number of carbonyl (C=O) groups excluding carboxylic acids is 2. The van der Waals surface area contributed by atoms with Crippen LogP contribution in [0.3, 0.4) is 0 Å². The predicted octanol–water partition coefficient (Wildman–Crippen LogP) is 11.6. The zero-order valence-corrected chi connectivity index (χ0v) is 28.2. The monoisotopic (exact) mass is 672 g/mol. The van der Waals surface area contributed by atoms with Gasteiger partial charge < -0.3 is 9.47 Å². The van der Waals surface area contributed by atoms with Gasteiger partial charge in [-0.2, -0.15) is 0 Å². The second-order valence-corrected chi connectivity index (χ2v) is 13.1. The highest BCUT2D eigenvalue weighted by molar-refractivity contribution is 6.07. The standard InChI is InChI=1S/C48H32O4/c1-3-29-17-19-31(20-18-29)47(49)51-46-39-15-9-7-13-36(39)38-24-22-33(28-44(38)46)32-23-25-41-43(27-32)37-14-8-10-16-40(37)45(41)52-48(50)42-26-21-30(4-2)34-11-5-6-12-35(34)42/h3-28,45-46H,1-2H2. The van der Waals surface area contributed by atoms with E-state index in [1.54, 1.807) is 24.3 Å². The Hall–Kier alpha value is -6.78. The number of hydrogen-bond donors (Lipinski definition) is 0. The van der Waals surface area contributed by atoms with E-state index in [1.807, 2.05) is 84.9 Å². The molecule has 7 aromatic carbocycles. The van der Waals surface area contributed by atoms with Gasteiger partial charge in [0.05, 0.1) is 11.1 Å². The van der Waals surface area contributed by atoms with Crippen molar-refractivity contribution in [1.82, 2.24) is 0 Å². The van der Waals surface area contributed by atoms with Gasteiger partial charge >= 0.3 is 11.9 Å². The minimum Gasteiger partial charge on any atom is -0.449 e. The van der Waals surface area contributed by atoms with Crippen molar-refractivity contribution in [2.75, 3.05) is 0 Å². The molecule has 0 amide bonds. The summed E-state index contributed by atoms with van der Waals surface area (Å²) in [7, 11) is 0. The first kappa shape index (κ1) is 31.2. The normalized spacial score (nSPS) is 14.8. The van der Waals surface area contributed by atoms with E-state index in [4.69, 9.17) is 9.47 Å². The van der Waals surface area contributed by atoms with Gasteiger partial charge in [-0.05, 0) is 85.6 Å². The van der Waals surface area contributed by atoms with Gasteiger partial charge in [-0.1, -0.05) is 141 Å². The number of fused-ring (bicyclic) bond motifs is 7. The molecule has 0 saturated heterocycles. The molecule has 9 rings (SSSR count). The number of rotatable bonds is 7. The fourth-order valence-corrected chi connectivity index (χ4v) is 7.71. The fraction of sp³-hybridized carbons (Fsp3) is 0.0417. The van der Waals surface area contributed by atoms with E-state index in [0.29, 0.717) is 11.1 Å². The van der Waals surface area contributed by atoms with Crippen LogP contribution >= 0.6 is 0 Å². The van der Waals surface area contributed by atoms with Crippen molar-refractivity contribution in [3.63, 3.8) is 0 Å². The summed E-state index contributed by atoms with van der Waals surface area (Å²) in [6.07, 6.45) is 2.45. The molecule has 2 unspecified atom stereocenters. The Morgan fingerprint density at radius 1 is 0.481 bits per heavy atom. The summed E-state index contributed by atoms with van der Waals surface area (Å²) in [4.78, 5) is 27.3. The summed E-state index contributed by atoms with van der Waals surface area (Å²) in [6, 6.07) is 47.7. The van der Waals surface area contributed by atoms with Crippen LogP contribution in [0.2, 0.25) is 0 Å². The second kappa shape index (κ2) is 12.5. The number of benzene rings is 7. The highest BCUT2D eigenvalue weighted by Gasteiger charge is 2.34. The van der Waals surface area contributed by atoms with E-state index < -0.39 is 12.2 Å². The lowest BCUT2D eigenvalue weighted by atomic mass is 9.95. The molecule has 0 fully saturated rings. The third kappa shape index (κ3) is 5.07. The summed E-state index contributed by atoms with van der Waals surface area (Å²) in [5, 5.41) is 1.79. The Kier molecular flexibility index (Phi) is 7.52. The number of ether oxygens (including phenoxy) is 2. The smallest absolute Gasteiger partial charge is 0.339 e. The quantitative estimate of drug-likeness (QED) is 0.158. The third-order valence-electron chi connectivity index (χ3n) is 10.3. The minimum absolute atomic E-state index is 0.376. The Morgan fingerprint density at radius 2 is 1.06 bits per heavy atom. The molecular formula is C48H32O4. The van der Waals surface area contributed by atoms with Crippen LogP contribution in [0.1, 0.15) is 66.3 Å². The molecule has 2 aliphatic carbocycles. The Labute approximate surface area is 301 Å². The van der Waals surface area contributed by atoms with Gasteiger partial charge in [-0.3, -0.25) is 0 Å². The molecule has 0 N–H and O–H groups in total. The van der Waals surface area contributed by atoms with Crippen molar-refractivity contribution in [2.24, 2.45) is 0 Å². The van der Waals surface area contributed by atoms with Crippen molar-refractivity contribution in [1.29, 1.82) is 0 Å². The minimum atomic E-state index is -0.551. The van der Waals surface area contributed by atoms with Crippen LogP contribution in [0.4, 0.5) is 0 Å². The van der Waals surface area contributed by atoms with Crippen molar-refractivity contribution in [3.8, 4) is 33.4 Å². The molecule has 52 heavy (non-hydrogen) atoms. The van der Waals surface area contributed by atoms with Crippen LogP contribution in [0.15, 0.2) is 159 Å². The Balaban J connectivity index is 1.06. The van der Waals surface area contributed by atoms with Crippen LogP contribution in [-0.2, 0) is 9.47 Å². The van der Waals surface area contributed by atoms with Crippen molar-refractivity contribution < 1.29 is 19.1 Å². The van der Waals surface area contributed by atoms with Gasteiger partial charge in [0.25, 0.3) is 0 Å². The molecule has 0 heterocycles. The summed E-state index contributed by atoms with van der Waals surface area (Å²) in [5.74, 6) is -0.757. The molecule has 0 aromatic heterocycles. The van der Waals surface area contributed by atoms with Gasteiger partial charge in [-0.15, -0.1) is 0 Å². The lowest BCUT2D eigenvalue weighted by Crippen LogP contribution is -2.11. The van der Waals surface area contributed by atoms with Gasteiger partial charge in [0.15, 0.2) is 12.2 Å². The zero-order chi connectivity index (χ0) is 35.3.